The molecular formula is C16H18ClN3O3S2. The first-order valence-electron chi connectivity index (χ1n) is 7.87. The maximum atomic E-state index is 12.5. The summed E-state index contributed by atoms with van der Waals surface area (Å²) in [6.45, 7) is 3.07. The standard InChI is InChI=1S/C16H18ClN3O3S2/c1-11-13(17)4-2-5-14(11)25(22,23)19-16-18-12(10-24-16)7-9-20-8-3-6-15(20)21/h2,4-5,10H,3,6-9H2,1H3,(H,18,19). The molecule has 2 aromatic rings. The fraction of sp³-hybridized carbons (Fsp3) is 0.375. The van der Waals surface area contributed by atoms with Crippen LogP contribution in [0, 0.1) is 6.92 Å². The average Bonchev–Trinajstić information content (AvgIpc) is 3.16. The highest BCUT2D eigenvalue weighted by atomic mass is 35.5. The van der Waals surface area contributed by atoms with Crippen LogP contribution in [0.1, 0.15) is 24.1 Å². The first-order valence-corrected chi connectivity index (χ1v) is 10.6. The van der Waals surface area contributed by atoms with E-state index in [1.165, 1.54) is 17.4 Å². The number of rotatable bonds is 6. The van der Waals surface area contributed by atoms with Gasteiger partial charge in [0.15, 0.2) is 5.13 Å². The number of sulfonamides is 1. The van der Waals surface area contributed by atoms with Gasteiger partial charge in [0.1, 0.15) is 0 Å². The molecule has 25 heavy (non-hydrogen) atoms. The molecular weight excluding hydrogens is 382 g/mol. The van der Waals surface area contributed by atoms with E-state index in [0.29, 0.717) is 35.1 Å². The van der Waals surface area contributed by atoms with Gasteiger partial charge in [-0.25, -0.2) is 13.4 Å². The molecule has 0 saturated carbocycles. The lowest BCUT2D eigenvalue weighted by Crippen LogP contribution is -2.26. The van der Waals surface area contributed by atoms with Crippen molar-refractivity contribution in [2.45, 2.75) is 31.1 Å². The van der Waals surface area contributed by atoms with Crippen molar-refractivity contribution in [3.63, 3.8) is 0 Å². The fourth-order valence-corrected chi connectivity index (χ4v) is 5.20. The number of hydrogen-bond acceptors (Lipinski definition) is 5. The van der Waals surface area contributed by atoms with Gasteiger partial charge >= 0.3 is 0 Å². The first-order chi connectivity index (χ1) is 11.9. The topological polar surface area (TPSA) is 79.4 Å². The molecule has 1 amide bonds. The predicted molar refractivity (Wildman–Crippen MR) is 98.6 cm³/mol. The van der Waals surface area contributed by atoms with Crippen molar-refractivity contribution in [3.05, 3.63) is 39.9 Å². The number of nitrogens with zero attached hydrogens (tertiary/aromatic N) is 2. The second-order valence-corrected chi connectivity index (χ2v) is 8.76. The molecule has 3 rings (SSSR count). The number of halogens is 1. The summed E-state index contributed by atoms with van der Waals surface area (Å²) in [4.78, 5) is 17.9. The van der Waals surface area contributed by atoms with Crippen LogP contribution in [0.4, 0.5) is 5.13 Å². The lowest BCUT2D eigenvalue weighted by molar-refractivity contribution is -0.127. The minimum atomic E-state index is -3.74. The number of carbonyl (C=O) groups excluding carboxylic acids is 1. The van der Waals surface area contributed by atoms with E-state index >= 15 is 0 Å². The highest BCUT2D eigenvalue weighted by Gasteiger charge is 2.21. The summed E-state index contributed by atoms with van der Waals surface area (Å²) in [7, 11) is -3.74. The maximum absolute atomic E-state index is 12.5. The number of aromatic nitrogens is 1. The zero-order chi connectivity index (χ0) is 18.0. The minimum Gasteiger partial charge on any atom is -0.342 e. The van der Waals surface area contributed by atoms with Crippen molar-refractivity contribution in [2.75, 3.05) is 17.8 Å². The van der Waals surface area contributed by atoms with Crippen LogP contribution < -0.4 is 4.72 Å². The SMILES string of the molecule is Cc1c(Cl)cccc1S(=O)(=O)Nc1nc(CCN2CCCC2=O)cs1. The van der Waals surface area contributed by atoms with Crippen LogP contribution >= 0.6 is 22.9 Å². The summed E-state index contributed by atoms with van der Waals surface area (Å²) in [6, 6.07) is 4.76. The van der Waals surface area contributed by atoms with Crippen molar-refractivity contribution in [2.24, 2.45) is 0 Å². The molecule has 1 saturated heterocycles. The van der Waals surface area contributed by atoms with Gasteiger partial charge < -0.3 is 4.90 Å². The number of nitrogens with one attached hydrogen (secondary N) is 1. The third-order valence-electron chi connectivity index (χ3n) is 4.09. The molecule has 0 radical (unpaired) electrons. The van der Waals surface area contributed by atoms with Crippen LogP contribution in [0.2, 0.25) is 5.02 Å². The summed E-state index contributed by atoms with van der Waals surface area (Å²) in [5, 5.41) is 2.52. The molecule has 1 fully saturated rings. The Balaban J connectivity index is 1.68. The molecule has 0 atom stereocenters. The maximum Gasteiger partial charge on any atom is 0.263 e. The molecule has 1 aliphatic rings. The van der Waals surface area contributed by atoms with Gasteiger partial charge in [0, 0.05) is 36.3 Å². The molecule has 1 N–H and O–H groups in total. The highest BCUT2D eigenvalue weighted by Crippen LogP contribution is 2.26. The molecule has 1 aliphatic heterocycles. The number of amides is 1. The van der Waals surface area contributed by atoms with Gasteiger partial charge in [-0.3, -0.25) is 9.52 Å². The summed E-state index contributed by atoms with van der Waals surface area (Å²) in [6.07, 6.45) is 2.13. The van der Waals surface area contributed by atoms with Gasteiger partial charge in [-0.1, -0.05) is 17.7 Å². The fourth-order valence-electron chi connectivity index (χ4n) is 2.71. The number of thiazole rings is 1. The Morgan fingerprint density at radius 3 is 2.92 bits per heavy atom. The van der Waals surface area contributed by atoms with E-state index in [9.17, 15) is 13.2 Å². The third-order valence-corrected chi connectivity index (χ3v) is 6.92. The largest absolute Gasteiger partial charge is 0.342 e. The molecule has 134 valence electrons. The van der Waals surface area contributed by atoms with Gasteiger partial charge in [-0.05, 0) is 31.0 Å². The Hall–Kier alpha value is -1.64. The molecule has 0 bridgehead atoms. The number of likely N-dealkylation sites (tertiary alicyclic amines) is 1. The van der Waals surface area contributed by atoms with Crippen LogP contribution in [0.15, 0.2) is 28.5 Å². The minimum absolute atomic E-state index is 0.138. The van der Waals surface area contributed by atoms with E-state index in [1.807, 2.05) is 10.3 Å². The average molecular weight is 400 g/mol. The molecule has 1 aromatic heterocycles. The Morgan fingerprint density at radius 1 is 1.40 bits per heavy atom. The second kappa shape index (κ2) is 7.31. The van der Waals surface area contributed by atoms with Crippen molar-refractivity contribution in [1.82, 2.24) is 9.88 Å². The van der Waals surface area contributed by atoms with Gasteiger partial charge in [-0.2, -0.15) is 0 Å². The monoisotopic (exact) mass is 399 g/mol. The molecule has 0 unspecified atom stereocenters. The van der Waals surface area contributed by atoms with Crippen LogP contribution in [0.25, 0.3) is 0 Å². The quantitative estimate of drug-likeness (QED) is 0.809. The van der Waals surface area contributed by atoms with E-state index in [-0.39, 0.29) is 10.8 Å². The number of anilines is 1. The van der Waals surface area contributed by atoms with E-state index in [4.69, 9.17) is 11.6 Å². The van der Waals surface area contributed by atoms with Gasteiger partial charge in [-0.15, -0.1) is 11.3 Å². The number of carbonyl (C=O) groups is 1. The Kier molecular flexibility index (Phi) is 5.31. The number of benzene rings is 1. The van der Waals surface area contributed by atoms with E-state index in [1.54, 1.807) is 19.1 Å². The highest BCUT2D eigenvalue weighted by molar-refractivity contribution is 7.93. The summed E-state index contributed by atoms with van der Waals surface area (Å²) < 4.78 is 27.6. The smallest absolute Gasteiger partial charge is 0.263 e. The predicted octanol–water partition coefficient (Wildman–Crippen LogP) is 3.07. The molecule has 0 aliphatic carbocycles. The van der Waals surface area contributed by atoms with E-state index in [0.717, 1.165) is 18.7 Å². The van der Waals surface area contributed by atoms with E-state index < -0.39 is 10.0 Å². The first kappa shape index (κ1) is 18.2. The van der Waals surface area contributed by atoms with Crippen molar-refractivity contribution >= 4 is 44.0 Å². The van der Waals surface area contributed by atoms with Crippen LogP contribution in [0.5, 0.6) is 0 Å². The Morgan fingerprint density at radius 2 is 2.20 bits per heavy atom. The molecule has 1 aromatic carbocycles. The normalized spacial score (nSPS) is 15.0. The van der Waals surface area contributed by atoms with Gasteiger partial charge in [0.05, 0.1) is 10.6 Å². The summed E-state index contributed by atoms with van der Waals surface area (Å²) >= 11 is 7.23. The third kappa shape index (κ3) is 4.13. The van der Waals surface area contributed by atoms with E-state index in [2.05, 4.69) is 9.71 Å². The summed E-state index contributed by atoms with van der Waals surface area (Å²) in [5.41, 5.74) is 1.27. The van der Waals surface area contributed by atoms with Crippen LogP contribution in [-0.4, -0.2) is 37.3 Å². The second-order valence-electron chi connectivity index (χ2n) is 5.85. The molecule has 0 spiro atoms. The van der Waals surface area contributed by atoms with Crippen LogP contribution in [0.3, 0.4) is 0 Å². The Labute approximate surface area is 155 Å². The van der Waals surface area contributed by atoms with Gasteiger partial charge in [0.25, 0.3) is 10.0 Å². The molecule has 9 heteroatoms. The van der Waals surface area contributed by atoms with Crippen molar-refractivity contribution < 1.29 is 13.2 Å². The molecule has 6 nitrogen and oxygen atoms in total. The lowest BCUT2D eigenvalue weighted by atomic mass is 10.2. The summed E-state index contributed by atoms with van der Waals surface area (Å²) in [5.74, 6) is 0.174. The Bertz CT molecular complexity index is 896. The zero-order valence-electron chi connectivity index (χ0n) is 13.7. The van der Waals surface area contributed by atoms with Crippen molar-refractivity contribution in [1.29, 1.82) is 0 Å². The van der Waals surface area contributed by atoms with Gasteiger partial charge in [0.2, 0.25) is 5.91 Å². The van der Waals surface area contributed by atoms with Crippen molar-refractivity contribution in [3.8, 4) is 0 Å². The lowest BCUT2D eigenvalue weighted by Gasteiger charge is -2.13. The zero-order valence-corrected chi connectivity index (χ0v) is 16.0. The number of hydrogen-bond donors (Lipinski definition) is 1. The molecule has 2 heterocycles. The van der Waals surface area contributed by atoms with Crippen LogP contribution in [-0.2, 0) is 21.2 Å².